The predicted octanol–water partition coefficient (Wildman–Crippen LogP) is 2.81. The van der Waals surface area contributed by atoms with Gasteiger partial charge in [-0.1, -0.05) is 0 Å². The van der Waals surface area contributed by atoms with Crippen LogP contribution in [-0.4, -0.2) is 26.6 Å². The lowest BCUT2D eigenvalue weighted by molar-refractivity contribution is 0.0953. The van der Waals surface area contributed by atoms with Crippen LogP contribution in [0.1, 0.15) is 28.0 Å². The van der Waals surface area contributed by atoms with Crippen molar-refractivity contribution < 1.29 is 4.79 Å². The second kappa shape index (κ2) is 6.28. The minimum atomic E-state index is -0.0153. The lowest BCUT2D eigenvalue weighted by Crippen LogP contribution is -2.25. The van der Waals surface area contributed by atoms with Crippen LogP contribution in [-0.2, 0) is 13.6 Å². The normalized spacial score (nSPS) is 11.1. The molecule has 0 spiro atoms. The third kappa shape index (κ3) is 2.99. The summed E-state index contributed by atoms with van der Waals surface area (Å²) in [6.07, 6.45) is 6.36. The molecule has 1 amide bonds. The molecule has 0 saturated heterocycles. The Balaban J connectivity index is 1.65. The zero-order valence-corrected chi connectivity index (χ0v) is 13.8. The highest BCUT2D eigenvalue weighted by Gasteiger charge is 2.11. The fourth-order valence-corrected chi connectivity index (χ4v) is 2.88. The fraction of sp³-hybridized carbons (Fsp3) is 0.333. The molecule has 0 aliphatic rings. The zero-order valence-electron chi connectivity index (χ0n) is 13.8. The van der Waals surface area contributed by atoms with Gasteiger partial charge in [0.1, 0.15) is 0 Å². The van der Waals surface area contributed by atoms with E-state index in [-0.39, 0.29) is 5.91 Å². The van der Waals surface area contributed by atoms with Gasteiger partial charge in [-0.15, -0.1) is 0 Å². The van der Waals surface area contributed by atoms with Gasteiger partial charge in [-0.25, -0.2) is 4.98 Å². The number of fused-ring (bicyclic) bond motifs is 1. The van der Waals surface area contributed by atoms with Gasteiger partial charge < -0.3 is 14.5 Å². The molecule has 1 aromatic carbocycles. The SMILES string of the molecule is Cc1c(C)n(C)c2ccc(C(=O)NCCCn3ccnc3)cc12. The Morgan fingerprint density at radius 1 is 1.30 bits per heavy atom. The van der Waals surface area contributed by atoms with E-state index in [0.717, 1.165) is 23.9 Å². The Labute approximate surface area is 135 Å². The molecule has 3 rings (SSSR count). The van der Waals surface area contributed by atoms with Gasteiger partial charge in [-0.2, -0.15) is 0 Å². The van der Waals surface area contributed by atoms with Gasteiger partial charge in [0, 0.05) is 54.7 Å². The van der Waals surface area contributed by atoms with E-state index in [0.29, 0.717) is 12.1 Å². The lowest BCUT2D eigenvalue weighted by Gasteiger charge is -2.06. The number of amides is 1. The third-order valence-corrected chi connectivity index (χ3v) is 4.51. The molecule has 5 heteroatoms. The largest absolute Gasteiger partial charge is 0.352 e. The molecule has 0 unspecified atom stereocenters. The summed E-state index contributed by atoms with van der Waals surface area (Å²) in [5.41, 5.74) is 4.35. The van der Waals surface area contributed by atoms with E-state index in [1.807, 2.05) is 29.0 Å². The van der Waals surface area contributed by atoms with Crippen LogP contribution in [0.3, 0.4) is 0 Å². The third-order valence-electron chi connectivity index (χ3n) is 4.51. The zero-order chi connectivity index (χ0) is 16.4. The summed E-state index contributed by atoms with van der Waals surface area (Å²) in [7, 11) is 2.06. The second-order valence-electron chi connectivity index (χ2n) is 5.91. The van der Waals surface area contributed by atoms with E-state index in [4.69, 9.17) is 0 Å². The summed E-state index contributed by atoms with van der Waals surface area (Å²) in [6, 6.07) is 5.91. The highest BCUT2D eigenvalue weighted by molar-refractivity contribution is 5.99. The van der Waals surface area contributed by atoms with E-state index in [1.54, 1.807) is 12.5 Å². The molecule has 0 radical (unpaired) electrons. The standard InChI is InChI=1S/C18H22N4O/c1-13-14(2)21(3)17-6-5-15(11-16(13)17)18(23)20-7-4-9-22-10-8-19-12-22/h5-6,8,10-12H,4,7,9H2,1-3H3,(H,20,23). The molecule has 120 valence electrons. The van der Waals surface area contributed by atoms with E-state index >= 15 is 0 Å². The number of benzene rings is 1. The van der Waals surface area contributed by atoms with Crippen molar-refractivity contribution in [3.63, 3.8) is 0 Å². The number of aromatic nitrogens is 3. The molecule has 0 saturated carbocycles. The second-order valence-corrected chi connectivity index (χ2v) is 5.91. The van der Waals surface area contributed by atoms with Gasteiger partial charge in [0.15, 0.2) is 0 Å². The monoisotopic (exact) mass is 310 g/mol. The van der Waals surface area contributed by atoms with Crippen LogP contribution < -0.4 is 5.32 Å². The van der Waals surface area contributed by atoms with Gasteiger partial charge in [0.05, 0.1) is 6.33 Å². The number of hydrogen-bond acceptors (Lipinski definition) is 2. The number of hydrogen-bond donors (Lipinski definition) is 1. The van der Waals surface area contributed by atoms with E-state index in [1.165, 1.54) is 11.3 Å². The van der Waals surface area contributed by atoms with E-state index in [2.05, 4.69) is 35.8 Å². The fourth-order valence-electron chi connectivity index (χ4n) is 2.88. The molecule has 3 aromatic rings. The molecular formula is C18H22N4O. The first-order valence-corrected chi connectivity index (χ1v) is 7.87. The van der Waals surface area contributed by atoms with Crippen molar-refractivity contribution in [2.75, 3.05) is 6.54 Å². The molecule has 0 aliphatic carbocycles. The average Bonchev–Trinajstić information content (AvgIpc) is 3.15. The maximum Gasteiger partial charge on any atom is 0.251 e. The molecule has 0 bridgehead atoms. The predicted molar refractivity (Wildman–Crippen MR) is 91.6 cm³/mol. The summed E-state index contributed by atoms with van der Waals surface area (Å²) < 4.78 is 4.17. The molecule has 2 aromatic heterocycles. The van der Waals surface area contributed by atoms with Crippen LogP contribution in [0.25, 0.3) is 10.9 Å². The summed E-state index contributed by atoms with van der Waals surface area (Å²) >= 11 is 0. The molecule has 5 nitrogen and oxygen atoms in total. The van der Waals surface area contributed by atoms with Crippen LogP contribution in [0, 0.1) is 13.8 Å². The maximum atomic E-state index is 12.3. The number of rotatable bonds is 5. The van der Waals surface area contributed by atoms with Crippen molar-refractivity contribution in [2.45, 2.75) is 26.8 Å². The minimum Gasteiger partial charge on any atom is -0.352 e. The number of nitrogens with one attached hydrogen (secondary N) is 1. The number of aryl methyl sites for hydroxylation is 3. The summed E-state index contributed by atoms with van der Waals surface area (Å²) in [6.45, 7) is 5.72. The maximum absolute atomic E-state index is 12.3. The van der Waals surface area contributed by atoms with Crippen LogP contribution in [0.15, 0.2) is 36.9 Å². The number of nitrogens with zero attached hydrogens (tertiary/aromatic N) is 3. The van der Waals surface area contributed by atoms with Crippen molar-refractivity contribution in [2.24, 2.45) is 7.05 Å². The van der Waals surface area contributed by atoms with Crippen LogP contribution in [0.5, 0.6) is 0 Å². The van der Waals surface area contributed by atoms with Gasteiger partial charge in [-0.05, 0) is 44.0 Å². The van der Waals surface area contributed by atoms with E-state index < -0.39 is 0 Å². The smallest absolute Gasteiger partial charge is 0.251 e. The van der Waals surface area contributed by atoms with Crippen LogP contribution in [0.4, 0.5) is 0 Å². The van der Waals surface area contributed by atoms with Gasteiger partial charge >= 0.3 is 0 Å². The lowest BCUT2D eigenvalue weighted by atomic mass is 10.1. The number of imidazole rings is 1. The first-order valence-electron chi connectivity index (χ1n) is 7.87. The molecule has 0 fully saturated rings. The highest BCUT2D eigenvalue weighted by Crippen LogP contribution is 2.25. The summed E-state index contributed by atoms with van der Waals surface area (Å²) in [5, 5.41) is 4.14. The Hall–Kier alpha value is -2.56. The quantitative estimate of drug-likeness (QED) is 0.737. The van der Waals surface area contributed by atoms with Crippen molar-refractivity contribution in [1.29, 1.82) is 0 Å². The Morgan fingerprint density at radius 2 is 2.13 bits per heavy atom. The molecule has 0 atom stereocenters. The molecule has 0 aliphatic heterocycles. The van der Waals surface area contributed by atoms with Crippen LogP contribution >= 0.6 is 0 Å². The van der Waals surface area contributed by atoms with Gasteiger partial charge in [-0.3, -0.25) is 4.79 Å². The van der Waals surface area contributed by atoms with E-state index in [9.17, 15) is 4.79 Å². The van der Waals surface area contributed by atoms with Crippen molar-refractivity contribution >= 4 is 16.8 Å². The molecule has 2 heterocycles. The average molecular weight is 310 g/mol. The minimum absolute atomic E-state index is 0.0153. The van der Waals surface area contributed by atoms with Crippen molar-refractivity contribution in [3.05, 3.63) is 53.7 Å². The topological polar surface area (TPSA) is 51.9 Å². The van der Waals surface area contributed by atoms with Crippen LogP contribution in [0.2, 0.25) is 0 Å². The summed E-state index contributed by atoms with van der Waals surface area (Å²) in [4.78, 5) is 16.3. The summed E-state index contributed by atoms with van der Waals surface area (Å²) in [5.74, 6) is -0.0153. The molecular weight excluding hydrogens is 288 g/mol. The Kier molecular flexibility index (Phi) is 4.19. The molecule has 1 N–H and O–H groups in total. The van der Waals surface area contributed by atoms with Crippen molar-refractivity contribution in [3.8, 4) is 0 Å². The van der Waals surface area contributed by atoms with Crippen molar-refractivity contribution in [1.82, 2.24) is 19.4 Å². The number of carbonyl (C=O) groups is 1. The van der Waals surface area contributed by atoms with Gasteiger partial charge in [0.25, 0.3) is 5.91 Å². The highest BCUT2D eigenvalue weighted by atomic mass is 16.1. The first-order chi connectivity index (χ1) is 11.1. The molecule has 23 heavy (non-hydrogen) atoms. The van der Waals surface area contributed by atoms with Gasteiger partial charge in [0.2, 0.25) is 0 Å². The number of carbonyl (C=O) groups excluding carboxylic acids is 1. The Bertz CT molecular complexity index is 830. The first kappa shape index (κ1) is 15.3. The Morgan fingerprint density at radius 3 is 2.87 bits per heavy atom.